The summed E-state index contributed by atoms with van der Waals surface area (Å²) in [7, 11) is 0. The predicted molar refractivity (Wildman–Crippen MR) is 133 cm³/mol. The van der Waals surface area contributed by atoms with Crippen LogP contribution in [0.4, 0.5) is 4.39 Å². The first-order valence-electron chi connectivity index (χ1n) is 11.9. The molecule has 0 atom stereocenters. The van der Waals surface area contributed by atoms with E-state index in [0.29, 0.717) is 17.7 Å². The quantitative estimate of drug-likeness (QED) is 0.412. The van der Waals surface area contributed by atoms with Gasteiger partial charge in [0.1, 0.15) is 5.82 Å². The van der Waals surface area contributed by atoms with Gasteiger partial charge in [-0.25, -0.2) is 8.91 Å². The van der Waals surface area contributed by atoms with Gasteiger partial charge in [-0.05, 0) is 67.4 Å². The summed E-state index contributed by atoms with van der Waals surface area (Å²) in [5, 5.41) is 7.38. The van der Waals surface area contributed by atoms with E-state index in [2.05, 4.69) is 20.3 Å². The van der Waals surface area contributed by atoms with E-state index in [9.17, 15) is 9.18 Å². The number of nitrogens with one attached hydrogen (secondary N) is 1. The van der Waals surface area contributed by atoms with E-state index in [4.69, 9.17) is 4.74 Å². The zero-order valence-electron chi connectivity index (χ0n) is 19.7. The molecule has 0 aliphatic carbocycles. The van der Waals surface area contributed by atoms with Crippen molar-refractivity contribution in [2.75, 3.05) is 39.4 Å². The molecule has 1 aliphatic rings. The SMILES string of the molecule is Cc1cc(-c2ncccc2-c2ccn3ncc(C(=O)NCCCN4CCOCC4)c3c2)ccc1F. The number of fused-ring (bicyclic) bond motifs is 1. The molecule has 0 unspecified atom stereocenters. The Balaban J connectivity index is 1.36. The normalized spacial score (nSPS) is 14.3. The summed E-state index contributed by atoms with van der Waals surface area (Å²) in [4.78, 5) is 19.9. The van der Waals surface area contributed by atoms with Crippen LogP contribution in [0.5, 0.6) is 0 Å². The summed E-state index contributed by atoms with van der Waals surface area (Å²) in [5.41, 5.74) is 5.22. The molecule has 1 aliphatic heterocycles. The third kappa shape index (κ3) is 5.08. The summed E-state index contributed by atoms with van der Waals surface area (Å²) in [6, 6.07) is 12.8. The minimum Gasteiger partial charge on any atom is -0.379 e. The molecule has 0 bridgehead atoms. The second-order valence-corrected chi connectivity index (χ2v) is 8.73. The largest absolute Gasteiger partial charge is 0.379 e. The Kier molecular flexibility index (Phi) is 6.83. The van der Waals surface area contributed by atoms with Crippen LogP contribution < -0.4 is 5.32 Å². The predicted octanol–water partition coefficient (Wildman–Crippen LogP) is 3.96. The van der Waals surface area contributed by atoms with Gasteiger partial charge < -0.3 is 10.1 Å². The van der Waals surface area contributed by atoms with Crippen LogP contribution in [0.2, 0.25) is 0 Å². The summed E-state index contributed by atoms with van der Waals surface area (Å²) >= 11 is 0. The Morgan fingerprint density at radius 1 is 1.14 bits per heavy atom. The molecule has 3 aromatic heterocycles. The third-order valence-electron chi connectivity index (χ3n) is 6.36. The Labute approximate surface area is 203 Å². The number of benzene rings is 1. The molecule has 4 aromatic rings. The van der Waals surface area contributed by atoms with Crippen LogP contribution in [-0.2, 0) is 4.74 Å². The summed E-state index contributed by atoms with van der Waals surface area (Å²) in [6.07, 6.45) is 6.05. The molecule has 7 nitrogen and oxygen atoms in total. The highest BCUT2D eigenvalue weighted by atomic mass is 19.1. The number of carbonyl (C=O) groups is 1. The third-order valence-corrected chi connectivity index (χ3v) is 6.36. The maximum atomic E-state index is 13.8. The molecule has 0 spiro atoms. The van der Waals surface area contributed by atoms with Crippen LogP contribution in [0.3, 0.4) is 0 Å². The lowest BCUT2D eigenvalue weighted by atomic mass is 9.98. The van der Waals surface area contributed by atoms with Crippen molar-refractivity contribution in [1.29, 1.82) is 0 Å². The van der Waals surface area contributed by atoms with Crippen molar-refractivity contribution >= 4 is 11.4 Å². The summed E-state index contributed by atoms with van der Waals surface area (Å²) in [5.74, 6) is -0.382. The van der Waals surface area contributed by atoms with E-state index in [1.54, 1.807) is 36.0 Å². The van der Waals surface area contributed by atoms with Crippen LogP contribution in [0, 0.1) is 12.7 Å². The van der Waals surface area contributed by atoms with Crippen molar-refractivity contribution in [2.24, 2.45) is 0 Å². The fourth-order valence-electron chi connectivity index (χ4n) is 4.41. The lowest BCUT2D eigenvalue weighted by Gasteiger charge is -2.26. The molecule has 1 amide bonds. The maximum absolute atomic E-state index is 13.8. The molecular formula is C27H28FN5O2. The monoisotopic (exact) mass is 473 g/mol. The first-order chi connectivity index (χ1) is 17.1. The standard InChI is InChI=1S/C27H28FN5O2/c1-19-16-21(5-6-24(19)28)26-22(4-2-8-29-26)20-7-11-33-25(17-20)23(18-31-33)27(34)30-9-3-10-32-12-14-35-15-13-32/h2,4-8,11,16-18H,3,9-10,12-15H2,1H3,(H,30,34). The van der Waals surface area contributed by atoms with Crippen molar-refractivity contribution in [2.45, 2.75) is 13.3 Å². The van der Waals surface area contributed by atoms with Crippen molar-refractivity contribution in [3.05, 3.63) is 78.0 Å². The highest BCUT2D eigenvalue weighted by Crippen LogP contribution is 2.32. The zero-order valence-corrected chi connectivity index (χ0v) is 19.7. The number of hydrogen-bond donors (Lipinski definition) is 1. The molecule has 1 saturated heterocycles. The molecule has 1 aromatic carbocycles. The van der Waals surface area contributed by atoms with E-state index in [1.807, 2.05) is 30.5 Å². The molecule has 35 heavy (non-hydrogen) atoms. The van der Waals surface area contributed by atoms with E-state index < -0.39 is 0 Å². The fraction of sp³-hybridized carbons (Fsp3) is 0.296. The molecule has 180 valence electrons. The van der Waals surface area contributed by atoms with E-state index >= 15 is 0 Å². The Hall–Kier alpha value is -3.62. The van der Waals surface area contributed by atoms with Crippen LogP contribution >= 0.6 is 0 Å². The Morgan fingerprint density at radius 2 is 2.00 bits per heavy atom. The zero-order chi connectivity index (χ0) is 24.2. The molecule has 8 heteroatoms. The van der Waals surface area contributed by atoms with E-state index in [1.165, 1.54) is 6.07 Å². The lowest BCUT2D eigenvalue weighted by molar-refractivity contribution is 0.0374. The van der Waals surface area contributed by atoms with Gasteiger partial charge in [0.25, 0.3) is 5.91 Å². The van der Waals surface area contributed by atoms with Gasteiger partial charge in [0, 0.05) is 43.2 Å². The average Bonchev–Trinajstić information content (AvgIpc) is 3.32. The first-order valence-corrected chi connectivity index (χ1v) is 11.9. The van der Waals surface area contributed by atoms with Crippen LogP contribution in [-0.4, -0.2) is 64.8 Å². The summed E-state index contributed by atoms with van der Waals surface area (Å²) in [6.45, 7) is 6.72. The molecule has 1 N–H and O–H groups in total. The van der Waals surface area contributed by atoms with Crippen molar-refractivity contribution < 1.29 is 13.9 Å². The minimum atomic E-state index is -0.243. The number of morpholine rings is 1. The van der Waals surface area contributed by atoms with Gasteiger partial charge in [-0.15, -0.1) is 0 Å². The van der Waals surface area contributed by atoms with E-state index in [0.717, 1.165) is 67.2 Å². The molecule has 0 radical (unpaired) electrons. The minimum absolute atomic E-state index is 0.139. The molecule has 4 heterocycles. The van der Waals surface area contributed by atoms with E-state index in [-0.39, 0.29) is 11.7 Å². The van der Waals surface area contributed by atoms with Gasteiger partial charge in [0.05, 0.1) is 36.2 Å². The van der Waals surface area contributed by atoms with Gasteiger partial charge >= 0.3 is 0 Å². The molecule has 0 saturated carbocycles. The molecular weight excluding hydrogens is 445 g/mol. The van der Waals surface area contributed by atoms with Gasteiger partial charge in [-0.3, -0.25) is 14.7 Å². The topological polar surface area (TPSA) is 71.8 Å². The Morgan fingerprint density at radius 3 is 2.83 bits per heavy atom. The average molecular weight is 474 g/mol. The number of rotatable bonds is 7. The van der Waals surface area contributed by atoms with Crippen molar-refractivity contribution in [3.8, 4) is 22.4 Å². The fourth-order valence-corrected chi connectivity index (χ4v) is 4.41. The highest BCUT2D eigenvalue weighted by molar-refractivity contribution is 6.01. The highest BCUT2D eigenvalue weighted by Gasteiger charge is 2.16. The lowest BCUT2D eigenvalue weighted by Crippen LogP contribution is -2.38. The van der Waals surface area contributed by atoms with Gasteiger partial charge in [0.2, 0.25) is 0 Å². The number of halogens is 1. The van der Waals surface area contributed by atoms with Crippen molar-refractivity contribution in [3.63, 3.8) is 0 Å². The van der Waals surface area contributed by atoms with Gasteiger partial charge in [0.15, 0.2) is 0 Å². The number of aromatic nitrogens is 3. The number of carbonyl (C=O) groups excluding carboxylic acids is 1. The Bertz CT molecular complexity index is 1350. The molecule has 5 rings (SSSR count). The number of aryl methyl sites for hydroxylation is 1. The van der Waals surface area contributed by atoms with Crippen LogP contribution in [0.25, 0.3) is 27.9 Å². The second-order valence-electron chi connectivity index (χ2n) is 8.73. The van der Waals surface area contributed by atoms with Crippen LogP contribution in [0.15, 0.2) is 61.1 Å². The second kappa shape index (κ2) is 10.3. The number of amides is 1. The van der Waals surface area contributed by atoms with Gasteiger partial charge in [-0.1, -0.05) is 6.07 Å². The maximum Gasteiger partial charge on any atom is 0.255 e. The number of pyridine rings is 2. The number of hydrogen-bond acceptors (Lipinski definition) is 5. The van der Waals surface area contributed by atoms with Gasteiger partial charge in [-0.2, -0.15) is 5.10 Å². The van der Waals surface area contributed by atoms with Crippen molar-refractivity contribution in [1.82, 2.24) is 24.8 Å². The smallest absolute Gasteiger partial charge is 0.255 e. The number of ether oxygens (including phenoxy) is 1. The van der Waals surface area contributed by atoms with Crippen LogP contribution in [0.1, 0.15) is 22.3 Å². The summed E-state index contributed by atoms with van der Waals surface area (Å²) < 4.78 is 20.9. The first kappa shape index (κ1) is 23.1. The molecule has 1 fully saturated rings. The number of nitrogens with zero attached hydrogens (tertiary/aromatic N) is 4.